The first-order chi connectivity index (χ1) is 17.3. The maximum Gasteiger partial charge on any atom is 0.306 e. The molecule has 1 unspecified atom stereocenters. The smallest absolute Gasteiger partial charge is 0.306 e. The van der Waals surface area contributed by atoms with Gasteiger partial charge in [-0.1, -0.05) is 6.92 Å². The number of nitrogens with zero attached hydrogens (tertiary/aromatic N) is 5. The number of hydrogen-bond acceptors (Lipinski definition) is 8. The Bertz CT molecular complexity index is 1260. The molecule has 0 aliphatic carbocycles. The van der Waals surface area contributed by atoms with E-state index in [2.05, 4.69) is 25.1 Å². The number of likely N-dealkylation sites (tertiary alicyclic amines) is 1. The first kappa shape index (κ1) is 25.5. The molecule has 4 heterocycles. The second-order valence-corrected chi connectivity index (χ2v) is 9.91. The van der Waals surface area contributed by atoms with Gasteiger partial charge in [-0.15, -0.1) is 11.3 Å². The SMILES string of the molecule is COC(=O)CC(C)C(=O)N1CCC(c2nc(C(=O)Nc3cccnc3-n3nc(C)cc3C)cs2)CC1. The number of esters is 1. The molecule has 190 valence electrons. The molecule has 1 fully saturated rings. The minimum absolute atomic E-state index is 0.0343. The Balaban J connectivity index is 1.38. The van der Waals surface area contributed by atoms with Crippen LogP contribution in [0.1, 0.15) is 59.0 Å². The maximum atomic E-state index is 13.0. The molecule has 0 aromatic carbocycles. The predicted molar refractivity (Wildman–Crippen MR) is 135 cm³/mol. The van der Waals surface area contributed by atoms with Crippen LogP contribution in [0.15, 0.2) is 29.8 Å². The summed E-state index contributed by atoms with van der Waals surface area (Å²) in [4.78, 5) is 48.0. The van der Waals surface area contributed by atoms with E-state index in [1.807, 2.05) is 19.9 Å². The second kappa shape index (κ2) is 11.0. The van der Waals surface area contributed by atoms with Crippen LogP contribution in [0.2, 0.25) is 0 Å². The van der Waals surface area contributed by atoms with Gasteiger partial charge in [0.1, 0.15) is 5.69 Å². The zero-order valence-electron chi connectivity index (χ0n) is 20.9. The van der Waals surface area contributed by atoms with Crippen LogP contribution in [-0.4, -0.2) is 62.6 Å². The average Bonchev–Trinajstić information content (AvgIpc) is 3.50. The van der Waals surface area contributed by atoms with Crippen LogP contribution in [0.5, 0.6) is 0 Å². The summed E-state index contributed by atoms with van der Waals surface area (Å²) in [5.74, 6) is -0.403. The summed E-state index contributed by atoms with van der Waals surface area (Å²) in [6.45, 7) is 6.78. The third kappa shape index (κ3) is 5.62. The van der Waals surface area contributed by atoms with Crippen LogP contribution in [0.3, 0.4) is 0 Å². The fraction of sp³-hybridized carbons (Fsp3) is 0.440. The molecule has 10 nitrogen and oxygen atoms in total. The lowest BCUT2D eigenvalue weighted by molar-refractivity contribution is -0.146. The minimum Gasteiger partial charge on any atom is -0.469 e. The molecular weight excluding hydrogens is 480 g/mol. The number of anilines is 1. The topological polar surface area (TPSA) is 119 Å². The quantitative estimate of drug-likeness (QED) is 0.483. The molecule has 0 radical (unpaired) electrons. The number of thiazole rings is 1. The lowest BCUT2D eigenvalue weighted by Gasteiger charge is -2.32. The number of methoxy groups -OCH3 is 1. The lowest BCUT2D eigenvalue weighted by Crippen LogP contribution is -2.41. The van der Waals surface area contributed by atoms with Gasteiger partial charge in [-0.25, -0.2) is 14.6 Å². The third-order valence-corrected chi connectivity index (χ3v) is 7.28. The normalized spacial score (nSPS) is 14.9. The van der Waals surface area contributed by atoms with Crippen LogP contribution in [0, 0.1) is 19.8 Å². The van der Waals surface area contributed by atoms with Gasteiger partial charge < -0.3 is 15.0 Å². The van der Waals surface area contributed by atoms with Crippen molar-refractivity contribution in [3.8, 4) is 5.82 Å². The number of amides is 2. The standard InChI is InChI=1S/C25H30N6O4S/c1-15(12-21(32)35-4)25(34)30-10-7-18(8-11-30)24-28-20(14-36-24)23(33)27-19-6-5-9-26-22(19)31-17(3)13-16(2)29-31/h5-6,9,13-15,18H,7-8,10-12H2,1-4H3,(H,27,33). The third-order valence-electron chi connectivity index (χ3n) is 6.28. The van der Waals surface area contributed by atoms with Gasteiger partial charge in [-0.3, -0.25) is 14.4 Å². The highest BCUT2D eigenvalue weighted by Gasteiger charge is 2.29. The van der Waals surface area contributed by atoms with E-state index in [-0.39, 0.29) is 30.1 Å². The number of ether oxygens (including phenoxy) is 1. The number of carbonyl (C=O) groups is 3. The largest absolute Gasteiger partial charge is 0.469 e. The Morgan fingerprint density at radius 3 is 2.67 bits per heavy atom. The number of rotatable bonds is 7. The van der Waals surface area contributed by atoms with Crippen LogP contribution < -0.4 is 5.32 Å². The van der Waals surface area contributed by atoms with Crippen molar-refractivity contribution in [3.63, 3.8) is 0 Å². The number of aryl methyl sites for hydroxylation is 2. The number of nitrogens with one attached hydrogen (secondary N) is 1. The summed E-state index contributed by atoms with van der Waals surface area (Å²) in [7, 11) is 1.32. The van der Waals surface area contributed by atoms with Gasteiger partial charge in [0, 0.05) is 42.2 Å². The average molecular weight is 511 g/mol. The number of carbonyl (C=O) groups excluding carboxylic acids is 3. The van der Waals surface area contributed by atoms with Gasteiger partial charge in [0.25, 0.3) is 5.91 Å². The Morgan fingerprint density at radius 2 is 2.00 bits per heavy atom. The van der Waals surface area contributed by atoms with E-state index in [9.17, 15) is 14.4 Å². The van der Waals surface area contributed by atoms with E-state index in [4.69, 9.17) is 0 Å². The first-order valence-electron chi connectivity index (χ1n) is 11.9. The Morgan fingerprint density at radius 1 is 1.25 bits per heavy atom. The molecule has 0 saturated carbocycles. The highest BCUT2D eigenvalue weighted by atomic mass is 32.1. The van der Waals surface area contributed by atoms with Gasteiger partial charge in [0.05, 0.1) is 29.9 Å². The van der Waals surface area contributed by atoms with Crippen LogP contribution >= 0.6 is 11.3 Å². The summed E-state index contributed by atoms with van der Waals surface area (Å²) in [6, 6.07) is 5.50. The molecule has 4 rings (SSSR count). The monoisotopic (exact) mass is 510 g/mol. The molecule has 1 N–H and O–H groups in total. The molecule has 3 aromatic rings. The summed E-state index contributed by atoms with van der Waals surface area (Å²) in [5, 5.41) is 10.0. The van der Waals surface area contributed by atoms with Crippen molar-refractivity contribution in [2.45, 2.75) is 46.0 Å². The Kier molecular flexibility index (Phi) is 7.78. The van der Waals surface area contributed by atoms with Crippen molar-refractivity contribution in [1.29, 1.82) is 0 Å². The number of pyridine rings is 1. The zero-order chi connectivity index (χ0) is 25.8. The maximum absolute atomic E-state index is 13.0. The van der Waals surface area contributed by atoms with Gasteiger partial charge in [-0.2, -0.15) is 5.10 Å². The van der Waals surface area contributed by atoms with E-state index < -0.39 is 5.92 Å². The van der Waals surface area contributed by atoms with Crippen molar-refractivity contribution in [2.75, 3.05) is 25.5 Å². The first-order valence-corrected chi connectivity index (χ1v) is 12.8. The number of aromatic nitrogens is 4. The Labute approximate surface area is 213 Å². The molecule has 1 atom stereocenters. The molecule has 11 heteroatoms. The highest BCUT2D eigenvalue weighted by molar-refractivity contribution is 7.10. The van der Waals surface area contributed by atoms with Crippen LogP contribution in [0.25, 0.3) is 5.82 Å². The van der Waals surface area contributed by atoms with E-state index in [1.54, 1.807) is 40.2 Å². The minimum atomic E-state index is -0.407. The van der Waals surface area contributed by atoms with Gasteiger partial charge in [0.15, 0.2) is 5.82 Å². The molecule has 36 heavy (non-hydrogen) atoms. The van der Waals surface area contributed by atoms with Crippen molar-refractivity contribution in [3.05, 3.63) is 51.9 Å². The molecule has 1 aliphatic heterocycles. The number of hydrogen-bond donors (Lipinski definition) is 1. The molecule has 2 amide bonds. The fourth-order valence-electron chi connectivity index (χ4n) is 4.35. The zero-order valence-corrected chi connectivity index (χ0v) is 21.7. The molecule has 0 spiro atoms. The van der Waals surface area contributed by atoms with Gasteiger partial charge in [-0.05, 0) is 44.9 Å². The number of piperidine rings is 1. The van der Waals surface area contributed by atoms with Gasteiger partial charge >= 0.3 is 5.97 Å². The second-order valence-electron chi connectivity index (χ2n) is 9.02. The van der Waals surface area contributed by atoms with E-state index in [0.717, 1.165) is 29.2 Å². The summed E-state index contributed by atoms with van der Waals surface area (Å²) in [5.41, 5.74) is 2.69. The fourth-order valence-corrected chi connectivity index (χ4v) is 5.32. The van der Waals surface area contributed by atoms with Crippen LogP contribution in [-0.2, 0) is 14.3 Å². The molecule has 1 aliphatic rings. The molecule has 0 bridgehead atoms. The molecule has 1 saturated heterocycles. The van der Waals surface area contributed by atoms with Gasteiger partial charge in [0.2, 0.25) is 5.91 Å². The summed E-state index contributed by atoms with van der Waals surface area (Å²) < 4.78 is 6.38. The van der Waals surface area contributed by atoms with Crippen LogP contribution in [0.4, 0.5) is 5.69 Å². The predicted octanol–water partition coefficient (Wildman–Crippen LogP) is 3.50. The molecule has 3 aromatic heterocycles. The van der Waals surface area contributed by atoms with Crippen molar-refractivity contribution < 1.29 is 19.1 Å². The van der Waals surface area contributed by atoms with E-state index in [1.165, 1.54) is 18.4 Å². The van der Waals surface area contributed by atoms with Crippen molar-refractivity contribution in [2.24, 2.45) is 5.92 Å². The van der Waals surface area contributed by atoms with Crippen molar-refractivity contribution >= 4 is 34.8 Å². The summed E-state index contributed by atoms with van der Waals surface area (Å²) in [6.07, 6.45) is 3.26. The Hall–Kier alpha value is -3.60. The molecular formula is C25H30N6O4S. The van der Waals surface area contributed by atoms with Crippen molar-refractivity contribution in [1.82, 2.24) is 24.6 Å². The highest BCUT2D eigenvalue weighted by Crippen LogP contribution is 2.31. The summed E-state index contributed by atoms with van der Waals surface area (Å²) >= 11 is 1.46. The van der Waals surface area contributed by atoms with E-state index in [0.29, 0.717) is 30.3 Å². The van der Waals surface area contributed by atoms with E-state index >= 15 is 0 Å². The lowest BCUT2D eigenvalue weighted by atomic mass is 9.96.